The summed E-state index contributed by atoms with van der Waals surface area (Å²) in [5.74, 6) is -0.304. The molecule has 0 saturated heterocycles. The van der Waals surface area contributed by atoms with Gasteiger partial charge in [0.25, 0.3) is 5.91 Å². The molecule has 112 valence electrons. The van der Waals surface area contributed by atoms with Gasteiger partial charge >= 0.3 is 0 Å². The van der Waals surface area contributed by atoms with Crippen LogP contribution in [-0.4, -0.2) is 61.8 Å². The monoisotopic (exact) mass is 300 g/mol. The Bertz CT molecular complexity index is 422. The number of aliphatic hydroxyl groups excluding tert-OH is 1. The van der Waals surface area contributed by atoms with Gasteiger partial charge in [-0.3, -0.25) is 9.59 Å². The van der Waals surface area contributed by atoms with Gasteiger partial charge in [-0.05, 0) is 11.4 Å². The molecule has 0 aromatic carbocycles. The van der Waals surface area contributed by atoms with Crippen LogP contribution in [0.1, 0.15) is 16.1 Å². The lowest BCUT2D eigenvalue weighted by atomic mass is 10.3. The van der Waals surface area contributed by atoms with Crippen molar-refractivity contribution < 1.29 is 19.4 Å². The van der Waals surface area contributed by atoms with Crippen LogP contribution >= 0.6 is 11.3 Å². The number of nitrogens with one attached hydrogen (secondary N) is 1. The summed E-state index contributed by atoms with van der Waals surface area (Å²) in [6.45, 7) is 0.679. The first-order valence-electron chi connectivity index (χ1n) is 6.27. The second-order valence-electron chi connectivity index (χ2n) is 4.37. The van der Waals surface area contributed by atoms with Crippen LogP contribution in [0.3, 0.4) is 0 Å². The summed E-state index contributed by atoms with van der Waals surface area (Å²) >= 11 is 1.36. The number of thiophene rings is 1. The second kappa shape index (κ2) is 8.68. The third-order valence-corrected chi connectivity index (χ3v) is 3.51. The molecule has 1 aromatic heterocycles. The molecular formula is C13H20N2O4S. The maximum Gasteiger partial charge on any atom is 0.261 e. The quantitative estimate of drug-likeness (QED) is 0.725. The topological polar surface area (TPSA) is 78.9 Å². The van der Waals surface area contributed by atoms with Crippen molar-refractivity contribution in [2.45, 2.75) is 12.5 Å². The van der Waals surface area contributed by atoms with Gasteiger partial charge in [0, 0.05) is 33.7 Å². The van der Waals surface area contributed by atoms with Crippen molar-refractivity contribution >= 4 is 23.2 Å². The predicted octanol–water partition coefficient (Wildman–Crippen LogP) is 0.334. The first-order valence-corrected chi connectivity index (χ1v) is 7.15. The number of carbonyl (C=O) groups is 2. The fraction of sp³-hybridized carbons (Fsp3) is 0.538. The minimum Gasteiger partial charge on any atom is -0.389 e. The van der Waals surface area contributed by atoms with Crippen LogP contribution in [0.5, 0.6) is 0 Å². The van der Waals surface area contributed by atoms with Crippen molar-refractivity contribution in [3.63, 3.8) is 0 Å². The second-order valence-corrected chi connectivity index (χ2v) is 5.31. The largest absolute Gasteiger partial charge is 0.389 e. The predicted molar refractivity (Wildman–Crippen MR) is 76.8 cm³/mol. The number of nitrogens with zero attached hydrogens (tertiary/aromatic N) is 1. The van der Waals surface area contributed by atoms with E-state index in [1.54, 1.807) is 19.2 Å². The van der Waals surface area contributed by atoms with Crippen molar-refractivity contribution in [1.82, 2.24) is 10.2 Å². The number of likely N-dealkylation sites (N-methyl/N-ethyl adjacent to an activating group) is 1. The minimum absolute atomic E-state index is 0.133. The molecule has 0 fully saturated rings. The fourth-order valence-corrected chi connectivity index (χ4v) is 2.27. The molecule has 0 aliphatic carbocycles. The zero-order valence-electron chi connectivity index (χ0n) is 11.7. The van der Waals surface area contributed by atoms with Crippen LogP contribution in [0.2, 0.25) is 0 Å². The van der Waals surface area contributed by atoms with Crippen LogP contribution in [0.4, 0.5) is 0 Å². The van der Waals surface area contributed by atoms with E-state index >= 15 is 0 Å². The minimum atomic E-state index is -0.699. The molecule has 20 heavy (non-hydrogen) atoms. The number of rotatable bonds is 8. The first-order chi connectivity index (χ1) is 9.54. The van der Waals surface area contributed by atoms with Gasteiger partial charge in [-0.2, -0.15) is 0 Å². The average Bonchev–Trinajstić information content (AvgIpc) is 2.92. The van der Waals surface area contributed by atoms with Crippen LogP contribution in [0.15, 0.2) is 17.5 Å². The summed E-state index contributed by atoms with van der Waals surface area (Å²) in [6, 6.07) is 3.53. The number of aliphatic hydroxyl groups is 1. The van der Waals surface area contributed by atoms with Crippen LogP contribution in [0, 0.1) is 0 Å². The van der Waals surface area contributed by atoms with Crippen molar-refractivity contribution in [2.75, 3.05) is 33.9 Å². The van der Waals surface area contributed by atoms with E-state index in [1.165, 1.54) is 23.3 Å². The Balaban J connectivity index is 2.24. The molecular weight excluding hydrogens is 280 g/mol. The van der Waals surface area contributed by atoms with Crippen LogP contribution in [-0.2, 0) is 9.53 Å². The molecule has 0 saturated carbocycles. The summed E-state index contributed by atoms with van der Waals surface area (Å²) in [5.41, 5.74) is 0. The molecule has 0 aliphatic heterocycles. The smallest absolute Gasteiger partial charge is 0.261 e. The number of amides is 2. The van der Waals surface area contributed by atoms with Gasteiger partial charge in [0.1, 0.15) is 0 Å². The molecule has 6 nitrogen and oxygen atoms in total. The van der Waals surface area contributed by atoms with Crippen molar-refractivity contribution in [3.8, 4) is 0 Å². The van der Waals surface area contributed by atoms with E-state index in [4.69, 9.17) is 4.74 Å². The molecule has 0 bridgehead atoms. The molecule has 0 spiro atoms. The van der Waals surface area contributed by atoms with Gasteiger partial charge in [0.05, 0.1) is 17.6 Å². The molecule has 0 radical (unpaired) electrons. The summed E-state index contributed by atoms with van der Waals surface area (Å²) in [5, 5.41) is 14.0. The normalized spacial score (nSPS) is 11.9. The zero-order valence-corrected chi connectivity index (χ0v) is 12.5. The molecule has 1 rings (SSSR count). The lowest BCUT2D eigenvalue weighted by molar-refractivity contribution is -0.131. The highest BCUT2D eigenvalue weighted by atomic mass is 32.1. The van der Waals surface area contributed by atoms with E-state index < -0.39 is 6.10 Å². The molecule has 1 atom stereocenters. The molecule has 2 N–H and O–H groups in total. The number of hydrogen-bond donors (Lipinski definition) is 2. The van der Waals surface area contributed by atoms with E-state index in [1.807, 2.05) is 5.38 Å². The van der Waals surface area contributed by atoms with Gasteiger partial charge in [-0.15, -0.1) is 11.3 Å². The lowest BCUT2D eigenvalue weighted by Gasteiger charge is -2.20. The van der Waals surface area contributed by atoms with Gasteiger partial charge < -0.3 is 20.1 Å². The molecule has 1 aromatic rings. The fourth-order valence-electron chi connectivity index (χ4n) is 1.63. The Morgan fingerprint density at radius 2 is 2.30 bits per heavy atom. The summed E-state index contributed by atoms with van der Waals surface area (Å²) in [7, 11) is 3.10. The van der Waals surface area contributed by atoms with E-state index in [0.717, 1.165) is 0 Å². The van der Waals surface area contributed by atoms with Crippen LogP contribution in [0.25, 0.3) is 0 Å². The Hall–Kier alpha value is -1.44. The Kier molecular flexibility index (Phi) is 7.21. The van der Waals surface area contributed by atoms with Crippen molar-refractivity contribution in [3.05, 3.63) is 22.4 Å². The number of hydrogen-bond acceptors (Lipinski definition) is 5. The maximum atomic E-state index is 11.8. The number of carbonyl (C=O) groups excluding carboxylic acids is 2. The van der Waals surface area contributed by atoms with Crippen LogP contribution < -0.4 is 5.32 Å². The van der Waals surface area contributed by atoms with E-state index in [-0.39, 0.29) is 37.9 Å². The van der Waals surface area contributed by atoms with Gasteiger partial charge in [0.15, 0.2) is 0 Å². The summed E-state index contributed by atoms with van der Waals surface area (Å²) in [6.07, 6.45) is -0.498. The highest BCUT2D eigenvalue weighted by molar-refractivity contribution is 7.12. The van der Waals surface area contributed by atoms with E-state index in [2.05, 4.69) is 5.32 Å². The SMILES string of the molecule is COCC(O)CN(C)C(=O)CCNC(=O)c1cccs1. The highest BCUT2D eigenvalue weighted by Gasteiger charge is 2.14. The summed E-state index contributed by atoms with van der Waals surface area (Å²) < 4.78 is 4.79. The standard InChI is InChI=1S/C13H20N2O4S/c1-15(8-10(16)9-19-2)12(17)5-6-14-13(18)11-4-3-7-20-11/h3-4,7,10,16H,5-6,8-9H2,1-2H3,(H,14,18). The van der Waals surface area contributed by atoms with Gasteiger partial charge in [-0.25, -0.2) is 0 Å². The highest BCUT2D eigenvalue weighted by Crippen LogP contribution is 2.07. The Morgan fingerprint density at radius 3 is 2.90 bits per heavy atom. The maximum absolute atomic E-state index is 11.8. The van der Waals surface area contributed by atoms with Crippen molar-refractivity contribution in [2.24, 2.45) is 0 Å². The zero-order chi connectivity index (χ0) is 15.0. The third-order valence-electron chi connectivity index (χ3n) is 2.64. The van der Waals surface area contributed by atoms with E-state index in [9.17, 15) is 14.7 Å². The van der Waals surface area contributed by atoms with Gasteiger partial charge in [0.2, 0.25) is 5.91 Å². The Labute approximate surface area is 122 Å². The summed E-state index contributed by atoms with van der Waals surface area (Å²) in [4.78, 5) is 25.5. The average molecular weight is 300 g/mol. The number of ether oxygens (including phenoxy) is 1. The third kappa shape index (κ3) is 5.68. The van der Waals surface area contributed by atoms with Crippen molar-refractivity contribution in [1.29, 1.82) is 0 Å². The molecule has 1 unspecified atom stereocenters. The first kappa shape index (κ1) is 16.6. The molecule has 0 aliphatic rings. The number of methoxy groups -OCH3 is 1. The van der Waals surface area contributed by atoms with E-state index in [0.29, 0.717) is 4.88 Å². The Morgan fingerprint density at radius 1 is 1.55 bits per heavy atom. The molecule has 2 amide bonds. The lowest BCUT2D eigenvalue weighted by Crippen LogP contribution is -2.38. The van der Waals surface area contributed by atoms with Gasteiger partial charge in [-0.1, -0.05) is 6.07 Å². The molecule has 7 heteroatoms. The molecule has 1 heterocycles.